The van der Waals surface area contributed by atoms with Crippen molar-refractivity contribution in [1.82, 2.24) is 0 Å². The molecule has 2 rings (SSSR count). The van der Waals surface area contributed by atoms with Crippen LogP contribution in [0.3, 0.4) is 0 Å². The van der Waals surface area contributed by atoms with Crippen LogP contribution in [0.5, 0.6) is 5.75 Å². The maximum atomic E-state index is 5.29. The van der Waals surface area contributed by atoms with Crippen LogP contribution in [0.4, 0.5) is 0 Å². The van der Waals surface area contributed by atoms with Gasteiger partial charge >= 0.3 is 0 Å². The Morgan fingerprint density at radius 3 is 1.86 bits per heavy atom. The summed E-state index contributed by atoms with van der Waals surface area (Å²) in [6.07, 6.45) is 1.14. The van der Waals surface area contributed by atoms with E-state index < -0.39 is 0 Å². The summed E-state index contributed by atoms with van der Waals surface area (Å²) in [6.45, 7) is 16.0. The zero-order chi connectivity index (χ0) is 16.8. The molecule has 2 heteroatoms. The van der Waals surface area contributed by atoms with Crippen molar-refractivity contribution in [2.75, 3.05) is 7.11 Å². The average Bonchev–Trinajstić information content (AvgIpc) is 3.16. The van der Waals surface area contributed by atoms with Crippen LogP contribution in [0, 0.1) is 16.7 Å². The molecule has 1 saturated carbocycles. The molecule has 0 N–H and O–H groups in total. The Kier molecular flexibility index (Phi) is 4.18. The maximum Gasteiger partial charge on any atom is 0.118 e. The molecule has 1 aromatic carbocycles. The second-order valence-corrected chi connectivity index (χ2v) is 8.78. The van der Waals surface area contributed by atoms with Gasteiger partial charge in [0.15, 0.2) is 0 Å². The van der Waals surface area contributed by atoms with Gasteiger partial charge in [-0.05, 0) is 41.9 Å². The summed E-state index contributed by atoms with van der Waals surface area (Å²) in [5.41, 5.74) is 2.79. The third-order valence-corrected chi connectivity index (χ3v) is 5.18. The van der Waals surface area contributed by atoms with E-state index in [0.29, 0.717) is 11.3 Å². The highest BCUT2D eigenvalue weighted by atomic mass is 16.5. The molecule has 22 heavy (non-hydrogen) atoms. The van der Waals surface area contributed by atoms with Crippen molar-refractivity contribution in [3.05, 3.63) is 29.8 Å². The average molecular weight is 301 g/mol. The minimum absolute atomic E-state index is 0.0552. The summed E-state index contributed by atoms with van der Waals surface area (Å²) in [4.78, 5) is 5.24. The Hall–Kier alpha value is -1.31. The number of hydrogen-bond acceptors (Lipinski definition) is 2. The number of rotatable bonds is 3. The van der Waals surface area contributed by atoms with Crippen LogP contribution < -0.4 is 4.74 Å². The standard InChI is InChI=1S/C20H31NO/c1-18(2,3)16-13-17(16)21-20(7,19(4,5)6)14-9-11-15(22-8)12-10-14/h9-12,16H,13H2,1-8H3. The smallest absolute Gasteiger partial charge is 0.118 e. The Morgan fingerprint density at radius 2 is 1.50 bits per heavy atom. The molecular formula is C20H31NO. The molecule has 2 unspecified atom stereocenters. The molecule has 0 bridgehead atoms. The van der Waals surface area contributed by atoms with E-state index in [9.17, 15) is 0 Å². The van der Waals surface area contributed by atoms with Crippen LogP contribution in [0.2, 0.25) is 0 Å². The number of benzene rings is 1. The minimum atomic E-state index is -0.214. The molecule has 0 amide bonds. The first-order valence-corrected chi connectivity index (χ1v) is 8.22. The van der Waals surface area contributed by atoms with Crippen molar-refractivity contribution in [3.63, 3.8) is 0 Å². The lowest BCUT2D eigenvalue weighted by molar-refractivity contribution is 0.213. The number of methoxy groups -OCH3 is 1. The van der Waals surface area contributed by atoms with E-state index in [2.05, 4.69) is 60.6 Å². The Morgan fingerprint density at radius 1 is 0.955 bits per heavy atom. The van der Waals surface area contributed by atoms with E-state index >= 15 is 0 Å². The van der Waals surface area contributed by atoms with Crippen LogP contribution in [0.1, 0.15) is 60.5 Å². The van der Waals surface area contributed by atoms with E-state index in [1.807, 2.05) is 12.1 Å². The van der Waals surface area contributed by atoms with Gasteiger partial charge in [0.25, 0.3) is 0 Å². The first-order valence-electron chi connectivity index (χ1n) is 8.22. The van der Waals surface area contributed by atoms with Gasteiger partial charge in [-0.1, -0.05) is 53.7 Å². The van der Waals surface area contributed by atoms with Crippen molar-refractivity contribution in [1.29, 1.82) is 0 Å². The van der Waals surface area contributed by atoms with Gasteiger partial charge in [0.05, 0.1) is 12.6 Å². The van der Waals surface area contributed by atoms with Crippen LogP contribution in [-0.2, 0) is 5.54 Å². The molecule has 1 aromatic rings. The van der Waals surface area contributed by atoms with Gasteiger partial charge in [-0.15, -0.1) is 0 Å². The molecule has 0 heterocycles. The molecule has 1 aliphatic carbocycles. The second kappa shape index (κ2) is 5.40. The molecular weight excluding hydrogens is 270 g/mol. The Balaban J connectivity index is 2.40. The van der Waals surface area contributed by atoms with E-state index in [1.165, 1.54) is 11.3 Å². The number of ether oxygens (including phenoxy) is 1. The normalized spacial score (nSPS) is 23.3. The van der Waals surface area contributed by atoms with Gasteiger partial charge in [-0.3, -0.25) is 4.99 Å². The number of nitrogens with zero attached hydrogens (tertiary/aromatic N) is 1. The van der Waals surface area contributed by atoms with Crippen molar-refractivity contribution >= 4 is 5.71 Å². The lowest BCUT2D eigenvalue weighted by Gasteiger charge is -2.39. The monoisotopic (exact) mass is 301 g/mol. The molecule has 1 fully saturated rings. The van der Waals surface area contributed by atoms with Crippen molar-refractivity contribution in [3.8, 4) is 5.75 Å². The lowest BCUT2D eigenvalue weighted by atomic mass is 9.71. The summed E-state index contributed by atoms with van der Waals surface area (Å²) >= 11 is 0. The Bertz CT molecular complexity index is 557. The van der Waals surface area contributed by atoms with Gasteiger partial charge in [0.1, 0.15) is 5.75 Å². The first-order chi connectivity index (χ1) is 9.99. The molecule has 0 aromatic heterocycles. The summed E-state index contributed by atoms with van der Waals surface area (Å²) in [6, 6.07) is 8.38. The largest absolute Gasteiger partial charge is 0.497 e. The van der Waals surface area contributed by atoms with Crippen molar-refractivity contribution in [2.45, 2.75) is 60.4 Å². The van der Waals surface area contributed by atoms with E-state index in [-0.39, 0.29) is 11.0 Å². The van der Waals surface area contributed by atoms with Gasteiger partial charge in [0.2, 0.25) is 0 Å². The minimum Gasteiger partial charge on any atom is -0.497 e. The second-order valence-electron chi connectivity index (χ2n) is 8.78. The molecule has 2 atom stereocenters. The molecule has 2 nitrogen and oxygen atoms in total. The van der Waals surface area contributed by atoms with Crippen LogP contribution in [0.25, 0.3) is 0 Å². The fraction of sp³-hybridized carbons (Fsp3) is 0.650. The third kappa shape index (κ3) is 3.21. The molecule has 1 aliphatic rings. The topological polar surface area (TPSA) is 21.6 Å². The highest BCUT2D eigenvalue weighted by Gasteiger charge is 2.46. The predicted molar refractivity (Wildman–Crippen MR) is 94.8 cm³/mol. The predicted octanol–water partition coefficient (Wildman–Crippen LogP) is 5.46. The number of hydrogen-bond donors (Lipinski definition) is 0. The van der Waals surface area contributed by atoms with Crippen molar-refractivity contribution < 1.29 is 4.74 Å². The van der Waals surface area contributed by atoms with E-state index in [4.69, 9.17) is 9.73 Å². The molecule has 0 radical (unpaired) electrons. The van der Waals surface area contributed by atoms with Gasteiger partial charge < -0.3 is 4.74 Å². The fourth-order valence-electron chi connectivity index (χ4n) is 2.95. The SMILES string of the molecule is COc1ccc(C(C)(N=C2CC2C(C)(C)C)C(C)(C)C)cc1. The van der Waals surface area contributed by atoms with Crippen LogP contribution in [-0.4, -0.2) is 12.8 Å². The molecule has 122 valence electrons. The van der Waals surface area contributed by atoms with Crippen LogP contribution >= 0.6 is 0 Å². The molecule has 0 saturated heterocycles. The fourth-order valence-corrected chi connectivity index (χ4v) is 2.95. The lowest BCUT2D eigenvalue weighted by Crippen LogP contribution is -2.35. The molecule has 0 spiro atoms. The van der Waals surface area contributed by atoms with Gasteiger partial charge in [-0.2, -0.15) is 0 Å². The van der Waals surface area contributed by atoms with E-state index in [0.717, 1.165) is 12.2 Å². The molecule has 0 aliphatic heterocycles. The summed E-state index contributed by atoms with van der Waals surface area (Å²) in [5, 5.41) is 0. The third-order valence-electron chi connectivity index (χ3n) is 5.18. The summed E-state index contributed by atoms with van der Waals surface area (Å²) in [5.74, 6) is 1.53. The Labute approximate surface area is 136 Å². The first kappa shape index (κ1) is 17.1. The van der Waals surface area contributed by atoms with Gasteiger partial charge in [0, 0.05) is 11.6 Å². The maximum absolute atomic E-state index is 5.29. The summed E-state index contributed by atoms with van der Waals surface area (Å²) in [7, 11) is 1.70. The van der Waals surface area contributed by atoms with Gasteiger partial charge in [-0.25, -0.2) is 0 Å². The number of aliphatic imine (C=N–C) groups is 1. The van der Waals surface area contributed by atoms with Crippen LogP contribution in [0.15, 0.2) is 29.3 Å². The quantitative estimate of drug-likeness (QED) is 0.726. The zero-order valence-electron chi connectivity index (χ0n) is 15.4. The highest BCUT2D eigenvalue weighted by Crippen LogP contribution is 2.48. The van der Waals surface area contributed by atoms with Crippen molar-refractivity contribution in [2.24, 2.45) is 21.7 Å². The summed E-state index contributed by atoms with van der Waals surface area (Å²) < 4.78 is 5.29. The zero-order valence-corrected chi connectivity index (χ0v) is 15.4. The van der Waals surface area contributed by atoms with E-state index in [1.54, 1.807) is 7.11 Å². The highest BCUT2D eigenvalue weighted by molar-refractivity contribution is 6.02.